The van der Waals surface area contributed by atoms with Crippen LogP contribution in [0.2, 0.25) is 0 Å². The van der Waals surface area contributed by atoms with Gasteiger partial charge in [0.15, 0.2) is 0 Å². The molecule has 2 aromatic rings. The number of hydrogen-bond acceptors (Lipinski definition) is 4. The Labute approximate surface area is 170 Å². The van der Waals surface area contributed by atoms with E-state index in [1.165, 1.54) is 36.7 Å². The van der Waals surface area contributed by atoms with Crippen LogP contribution in [0.5, 0.6) is 5.75 Å². The maximum Gasteiger partial charge on any atom is 0.283 e. The molecule has 28 heavy (non-hydrogen) atoms. The number of anilines is 2. The highest BCUT2D eigenvalue weighted by molar-refractivity contribution is 8.13. The molecule has 0 atom stereocenters. The summed E-state index contributed by atoms with van der Waals surface area (Å²) in [5, 5.41) is 2.87. The minimum atomic E-state index is -0.233. The van der Waals surface area contributed by atoms with Crippen LogP contribution in [0.4, 0.5) is 20.6 Å². The first-order valence-electron chi connectivity index (χ1n) is 9.75. The van der Waals surface area contributed by atoms with Gasteiger partial charge in [-0.3, -0.25) is 4.79 Å². The Morgan fingerprint density at radius 2 is 1.93 bits per heavy atom. The molecule has 150 valence electrons. The highest BCUT2D eigenvalue weighted by atomic mass is 32.2. The van der Waals surface area contributed by atoms with E-state index in [1.807, 2.05) is 32.2 Å². The number of carbonyl (C=O) groups excluding carboxylic acids is 1. The van der Waals surface area contributed by atoms with Crippen molar-refractivity contribution in [3.8, 4) is 5.75 Å². The topological polar surface area (TPSA) is 41.6 Å². The Bertz CT molecular complexity index is 792. The normalized spacial score (nSPS) is 14.1. The predicted molar refractivity (Wildman–Crippen MR) is 115 cm³/mol. The van der Waals surface area contributed by atoms with Gasteiger partial charge in [0.05, 0.1) is 11.8 Å². The zero-order valence-corrected chi connectivity index (χ0v) is 17.2. The smallest absolute Gasteiger partial charge is 0.283 e. The lowest BCUT2D eigenvalue weighted by Crippen LogP contribution is -2.18. The Hall–Kier alpha value is -2.21. The van der Waals surface area contributed by atoms with E-state index in [2.05, 4.69) is 10.2 Å². The van der Waals surface area contributed by atoms with Gasteiger partial charge >= 0.3 is 0 Å². The van der Waals surface area contributed by atoms with E-state index in [1.54, 1.807) is 12.1 Å². The molecule has 0 aromatic heterocycles. The van der Waals surface area contributed by atoms with E-state index in [9.17, 15) is 9.18 Å². The first-order valence-corrected chi connectivity index (χ1v) is 10.7. The number of nitrogens with one attached hydrogen (secondary N) is 1. The van der Waals surface area contributed by atoms with Crippen LogP contribution in [0.25, 0.3) is 0 Å². The van der Waals surface area contributed by atoms with Crippen molar-refractivity contribution in [1.82, 2.24) is 0 Å². The van der Waals surface area contributed by atoms with Crippen LogP contribution in [0.15, 0.2) is 42.5 Å². The van der Waals surface area contributed by atoms with Gasteiger partial charge in [0.1, 0.15) is 11.6 Å². The van der Waals surface area contributed by atoms with Crippen molar-refractivity contribution >= 4 is 28.4 Å². The molecule has 0 aliphatic heterocycles. The third-order valence-electron chi connectivity index (χ3n) is 4.85. The monoisotopic (exact) mass is 402 g/mol. The molecule has 1 fully saturated rings. The summed E-state index contributed by atoms with van der Waals surface area (Å²) in [7, 11) is 1.99. The molecule has 0 radical (unpaired) electrons. The number of benzene rings is 2. The van der Waals surface area contributed by atoms with Crippen molar-refractivity contribution < 1.29 is 13.9 Å². The standard InChI is InChI=1S/C22H27FN2O2S/c1-3-28-22(26)24-20-13-12-18(14-21(20)27-19-6-4-5-7-19)25(2)15-16-8-10-17(23)11-9-16/h8-14,19H,3-7,15H2,1-2H3,(H,24,26). The summed E-state index contributed by atoms with van der Waals surface area (Å²) in [4.78, 5) is 14.1. The second-order valence-electron chi connectivity index (χ2n) is 7.03. The van der Waals surface area contributed by atoms with Gasteiger partial charge in [0.2, 0.25) is 0 Å². The fraction of sp³-hybridized carbons (Fsp3) is 0.409. The molecule has 0 bridgehead atoms. The number of amides is 1. The lowest BCUT2D eigenvalue weighted by molar-refractivity contribution is 0.211. The largest absolute Gasteiger partial charge is 0.488 e. The van der Waals surface area contributed by atoms with Crippen molar-refractivity contribution in [2.75, 3.05) is 23.0 Å². The van der Waals surface area contributed by atoms with Crippen molar-refractivity contribution in [2.45, 2.75) is 45.3 Å². The highest BCUT2D eigenvalue weighted by Crippen LogP contribution is 2.34. The highest BCUT2D eigenvalue weighted by Gasteiger charge is 2.19. The van der Waals surface area contributed by atoms with Gasteiger partial charge in [0, 0.05) is 25.3 Å². The molecule has 0 saturated heterocycles. The van der Waals surface area contributed by atoms with Crippen LogP contribution in [0, 0.1) is 5.82 Å². The molecule has 0 spiro atoms. The molecule has 1 aliphatic rings. The van der Waals surface area contributed by atoms with Gasteiger partial charge in [-0.05, 0) is 61.3 Å². The third-order valence-corrected chi connectivity index (χ3v) is 5.50. The van der Waals surface area contributed by atoms with E-state index in [-0.39, 0.29) is 17.2 Å². The van der Waals surface area contributed by atoms with Gasteiger partial charge in [0.25, 0.3) is 5.24 Å². The van der Waals surface area contributed by atoms with Crippen molar-refractivity contribution in [1.29, 1.82) is 0 Å². The predicted octanol–water partition coefficient (Wildman–Crippen LogP) is 6.07. The van der Waals surface area contributed by atoms with Gasteiger partial charge < -0.3 is 15.0 Å². The number of nitrogens with zero attached hydrogens (tertiary/aromatic N) is 1. The van der Waals surface area contributed by atoms with E-state index in [0.29, 0.717) is 18.0 Å². The summed E-state index contributed by atoms with van der Waals surface area (Å²) in [5.74, 6) is 1.20. The molecule has 4 nitrogen and oxygen atoms in total. The molecule has 1 saturated carbocycles. The molecule has 1 aliphatic carbocycles. The van der Waals surface area contributed by atoms with Crippen molar-refractivity contribution in [2.24, 2.45) is 0 Å². The second kappa shape index (κ2) is 9.82. The van der Waals surface area contributed by atoms with Crippen LogP contribution in [-0.2, 0) is 6.54 Å². The van der Waals surface area contributed by atoms with Crippen LogP contribution in [-0.4, -0.2) is 24.1 Å². The number of thioether (sulfide) groups is 1. The van der Waals surface area contributed by atoms with E-state index in [4.69, 9.17) is 4.74 Å². The summed E-state index contributed by atoms with van der Waals surface area (Å²) < 4.78 is 19.4. The zero-order valence-electron chi connectivity index (χ0n) is 16.4. The number of hydrogen-bond donors (Lipinski definition) is 1. The maximum atomic E-state index is 13.1. The summed E-state index contributed by atoms with van der Waals surface area (Å²) >= 11 is 1.24. The molecule has 1 amide bonds. The fourth-order valence-corrected chi connectivity index (χ4v) is 3.81. The lowest BCUT2D eigenvalue weighted by Gasteiger charge is -2.23. The quantitative estimate of drug-likeness (QED) is 0.610. The van der Waals surface area contributed by atoms with Gasteiger partial charge in [-0.15, -0.1) is 0 Å². The van der Waals surface area contributed by atoms with E-state index >= 15 is 0 Å². The molecule has 0 unspecified atom stereocenters. The first-order chi connectivity index (χ1) is 13.5. The maximum absolute atomic E-state index is 13.1. The summed E-state index contributed by atoms with van der Waals surface area (Å²) in [5.41, 5.74) is 2.72. The van der Waals surface area contributed by atoms with Crippen LogP contribution in [0.1, 0.15) is 38.2 Å². The Morgan fingerprint density at radius 1 is 1.21 bits per heavy atom. The summed E-state index contributed by atoms with van der Waals surface area (Å²) in [6.45, 7) is 2.61. The van der Waals surface area contributed by atoms with Gasteiger partial charge in [-0.2, -0.15) is 0 Å². The third kappa shape index (κ3) is 5.64. The number of ether oxygens (including phenoxy) is 1. The first kappa shape index (κ1) is 20.5. The van der Waals surface area contributed by atoms with E-state index in [0.717, 1.165) is 29.8 Å². The minimum absolute atomic E-state index is 0.0776. The molecule has 2 aromatic carbocycles. The Morgan fingerprint density at radius 3 is 2.61 bits per heavy atom. The molecular formula is C22H27FN2O2S. The van der Waals surface area contributed by atoms with Crippen molar-refractivity contribution in [3.05, 3.63) is 53.8 Å². The van der Waals surface area contributed by atoms with Gasteiger partial charge in [-0.1, -0.05) is 30.8 Å². The summed E-state index contributed by atoms with van der Waals surface area (Å²) in [6, 6.07) is 12.4. The van der Waals surface area contributed by atoms with E-state index < -0.39 is 0 Å². The lowest BCUT2D eigenvalue weighted by atomic mass is 10.2. The Balaban J connectivity index is 1.78. The zero-order chi connectivity index (χ0) is 19.9. The summed E-state index contributed by atoms with van der Waals surface area (Å²) in [6.07, 6.45) is 4.66. The Kier molecular flexibility index (Phi) is 7.20. The molecule has 6 heteroatoms. The fourth-order valence-electron chi connectivity index (χ4n) is 3.37. The number of halogens is 1. The SMILES string of the molecule is CCSC(=O)Nc1ccc(N(C)Cc2ccc(F)cc2)cc1OC1CCCC1. The number of carbonyl (C=O) groups is 1. The van der Waals surface area contributed by atoms with Crippen molar-refractivity contribution in [3.63, 3.8) is 0 Å². The minimum Gasteiger partial charge on any atom is -0.488 e. The molecule has 0 heterocycles. The second-order valence-corrected chi connectivity index (χ2v) is 8.27. The molecule has 3 rings (SSSR count). The van der Waals surface area contributed by atoms with Gasteiger partial charge in [-0.25, -0.2) is 4.39 Å². The average Bonchev–Trinajstić information content (AvgIpc) is 3.18. The van der Waals surface area contributed by atoms with Crippen LogP contribution >= 0.6 is 11.8 Å². The average molecular weight is 403 g/mol. The molecule has 1 N–H and O–H groups in total. The van der Waals surface area contributed by atoms with Crippen LogP contribution in [0.3, 0.4) is 0 Å². The molecular weight excluding hydrogens is 375 g/mol. The van der Waals surface area contributed by atoms with Crippen LogP contribution < -0.4 is 15.0 Å². The number of rotatable bonds is 7.